The minimum Gasteiger partial charge on any atom is -0.208 e. The zero-order chi connectivity index (χ0) is 40.1. The Morgan fingerprint density at radius 2 is 0.705 bits per heavy atom. The van der Waals surface area contributed by atoms with Crippen molar-refractivity contribution in [2.24, 2.45) is 0 Å². The number of nitrogens with zero attached hydrogens (tertiary/aromatic N) is 3. The fraction of sp³-hybridized carbons (Fsp3) is 0.0351. The van der Waals surface area contributed by atoms with Gasteiger partial charge in [0, 0.05) is 26.5 Å². The van der Waals surface area contributed by atoms with E-state index in [0.717, 1.165) is 22.1 Å². The van der Waals surface area contributed by atoms with Gasteiger partial charge in [0.1, 0.15) is 0 Å². The Kier molecular flexibility index (Phi) is 7.37. The number of aromatic nitrogens is 3. The molecule has 3 aliphatic rings. The van der Waals surface area contributed by atoms with Crippen molar-refractivity contribution >= 4 is 22.5 Å². The highest BCUT2D eigenvalue weighted by atomic mass is 32.2. The van der Waals surface area contributed by atoms with E-state index in [1.54, 1.807) is 0 Å². The predicted octanol–water partition coefficient (Wildman–Crippen LogP) is 13.5. The molecular formula is C57H35N3S. The van der Waals surface area contributed by atoms with E-state index in [0.29, 0.717) is 17.5 Å². The van der Waals surface area contributed by atoms with Crippen LogP contribution in [0.5, 0.6) is 0 Å². The predicted molar refractivity (Wildman–Crippen MR) is 247 cm³/mol. The molecule has 0 atom stereocenters. The summed E-state index contributed by atoms with van der Waals surface area (Å²) >= 11 is 1.84. The van der Waals surface area contributed by atoms with Crippen LogP contribution in [-0.4, -0.2) is 15.0 Å². The van der Waals surface area contributed by atoms with Crippen molar-refractivity contribution in [3.05, 3.63) is 257 Å². The van der Waals surface area contributed by atoms with Gasteiger partial charge in [0.15, 0.2) is 17.5 Å². The summed E-state index contributed by atoms with van der Waals surface area (Å²) in [5.74, 6) is 1.95. The third-order valence-electron chi connectivity index (χ3n) is 13.3. The molecule has 2 heterocycles. The summed E-state index contributed by atoms with van der Waals surface area (Å²) in [6.07, 6.45) is 0. The zero-order valence-electron chi connectivity index (χ0n) is 33.0. The topological polar surface area (TPSA) is 38.7 Å². The van der Waals surface area contributed by atoms with Gasteiger partial charge >= 0.3 is 0 Å². The molecule has 10 aromatic rings. The molecule has 284 valence electrons. The smallest absolute Gasteiger partial charge is 0.164 e. The molecule has 0 fully saturated rings. The number of hydrogen-bond acceptors (Lipinski definition) is 4. The fourth-order valence-corrected chi connectivity index (χ4v) is 12.1. The molecule has 0 amide bonds. The van der Waals surface area contributed by atoms with Crippen LogP contribution >= 0.6 is 11.8 Å². The molecular weight excluding hydrogens is 759 g/mol. The molecule has 3 nitrogen and oxygen atoms in total. The molecule has 0 N–H and O–H groups in total. The molecule has 0 radical (unpaired) electrons. The number of hydrogen-bond donors (Lipinski definition) is 0. The molecule has 0 unspecified atom stereocenters. The van der Waals surface area contributed by atoms with Crippen LogP contribution in [0, 0.1) is 0 Å². The van der Waals surface area contributed by atoms with E-state index < -0.39 is 10.8 Å². The van der Waals surface area contributed by atoms with Crippen molar-refractivity contribution in [1.82, 2.24) is 15.0 Å². The lowest BCUT2D eigenvalue weighted by atomic mass is 9.51. The van der Waals surface area contributed by atoms with Gasteiger partial charge in [-0.15, -0.1) is 0 Å². The number of rotatable bonds is 3. The average Bonchev–Trinajstić information content (AvgIpc) is 3.63. The molecule has 4 heteroatoms. The maximum atomic E-state index is 5.23. The number of fused-ring (bicyclic) bond motifs is 16. The van der Waals surface area contributed by atoms with Gasteiger partial charge in [0.05, 0.1) is 10.8 Å². The van der Waals surface area contributed by atoms with Crippen molar-refractivity contribution in [2.45, 2.75) is 20.6 Å². The van der Waals surface area contributed by atoms with Gasteiger partial charge in [-0.2, -0.15) is 0 Å². The summed E-state index contributed by atoms with van der Waals surface area (Å²) in [7, 11) is 0. The molecule has 0 bridgehead atoms. The molecule has 0 saturated heterocycles. The Labute approximate surface area is 358 Å². The Bertz CT molecular complexity index is 3330. The first-order valence-corrected chi connectivity index (χ1v) is 21.7. The lowest BCUT2D eigenvalue weighted by Gasteiger charge is -2.51. The van der Waals surface area contributed by atoms with Crippen LogP contribution in [-0.2, 0) is 10.8 Å². The van der Waals surface area contributed by atoms with Crippen molar-refractivity contribution in [3.8, 4) is 45.3 Å². The van der Waals surface area contributed by atoms with Crippen molar-refractivity contribution in [1.29, 1.82) is 0 Å². The van der Waals surface area contributed by atoms with Gasteiger partial charge in [-0.1, -0.05) is 206 Å². The van der Waals surface area contributed by atoms with Crippen LogP contribution < -0.4 is 0 Å². The normalized spacial score (nSPS) is 14.4. The van der Waals surface area contributed by atoms with Gasteiger partial charge in [-0.05, 0) is 84.6 Å². The Morgan fingerprint density at radius 3 is 1.33 bits per heavy atom. The Morgan fingerprint density at radius 1 is 0.279 bits per heavy atom. The van der Waals surface area contributed by atoms with E-state index in [9.17, 15) is 0 Å². The van der Waals surface area contributed by atoms with E-state index in [1.165, 1.54) is 70.8 Å². The molecule has 13 rings (SSSR count). The quantitative estimate of drug-likeness (QED) is 0.179. The molecule has 1 aromatic heterocycles. The zero-order valence-corrected chi connectivity index (χ0v) is 33.8. The summed E-state index contributed by atoms with van der Waals surface area (Å²) in [6.45, 7) is 0. The maximum absolute atomic E-state index is 5.23. The van der Waals surface area contributed by atoms with E-state index in [1.807, 2.05) is 30.0 Å². The molecule has 61 heavy (non-hydrogen) atoms. The second-order valence-corrected chi connectivity index (χ2v) is 17.3. The Hall–Kier alpha value is -7.40. The largest absolute Gasteiger partial charge is 0.208 e. The van der Waals surface area contributed by atoms with Gasteiger partial charge in [0.2, 0.25) is 0 Å². The van der Waals surface area contributed by atoms with Crippen LogP contribution in [0.2, 0.25) is 0 Å². The summed E-state index contributed by atoms with van der Waals surface area (Å²) in [5, 5.41) is 2.33. The maximum Gasteiger partial charge on any atom is 0.164 e. The molecule has 9 aromatic carbocycles. The van der Waals surface area contributed by atoms with Crippen molar-refractivity contribution in [2.75, 3.05) is 0 Å². The summed E-state index contributed by atoms with van der Waals surface area (Å²) < 4.78 is 0. The summed E-state index contributed by atoms with van der Waals surface area (Å²) in [4.78, 5) is 17.9. The van der Waals surface area contributed by atoms with Crippen molar-refractivity contribution < 1.29 is 0 Å². The first-order chi connectivity index (χ1) is 30.2. The minimum absolute atomic E-state index is 0.483. The van der Waals surface area contributed by atoms with E-state index in [4.69, 9.17) is 15.0 Å². The second-order valence-electron chi connectivity index (χ2n) is 16.2. The van der Waals surface area contributed by atoms with Crippen LogP contribution in [0.3, 0.4) is 0 Å². The SMILES string of the molecule is c1ccc(-c2nc(-c3ccc4c(c3)Sc3ccccc3C43c4ccccc4C4(c5ccccc5-c5ccccc54)c4ccccc43)nc(-c3ccc4ccccc4c3)n2)cc1. The minimum atomic E-state index is -0.592. The van der Waals surface area contributed by atoms with Gasteiger partial charge in [-0.3, -0.25) is 0 Å². The first-order valence-electron chi connectivity index (χ1n) is 20.9. The average molecular weight is 794 g/mol. The van der Waals surface area contributed by atoms with Crippen LogP contribution in [0.4, 0.5) is 0 Å². The Balaban J connectivity index is 1.07. The van der Waals surface area contributed by atoms with E-state index >= 15 is 0 Å². The summed E-state index contributed by atoms with van der Waals surface area (Å²) in [6, 6.07) is 77.7. The third kappa shape index (κ3) is 4.74. The summed E-state index contributed by atoms with van der Waals surface area (Å²) in [5.41, 5.74) is 14.9. The first kappa shape index (κ1) is 34.5. The van der Waals surface area contributed by atoms with Gasteiger partial charge < -0.3 is 0 Å². The molecule has 1 aliphatic heterocycles. The molecule has 2 aliphatic carbocycles. The fourth-order valence-electron chi connectivity index (χ4n) is 10.8. The second kappa shape index (κ2) is 13.0. The highest BCUT2D eigenvalue weighted by Gasteiger charge is 2.58. The van der Waals surface area contributed by atoms with Crippen LogP contribution in [0.1, 0.15) is 44.5 Å². The van der Waals surface area contributed by atoms with E-state index in [2.05, 4.69) is 194 Å². The standard InChI is InChI=1S/C57H35N3S/c1-2-17-37(18-3-1)53-58-54(39-31-30-36-16-4-5-19-38(36)34-39)60-55(59-53)40-32-33-50-52(35-40)61-51-29-15-14-28-49(51)57(50)47-26-12-10-24-45(47)56(46-25-11-13-27-48(46)57)43-22-8-6-20-41(43)42-21-7-9-23-44(42)56/h1-35H. The van der Waals surface area contributed by atoms with Crippen LogP contribution in [0.15, 0.2) is 222 Å². The van der Waals surface area contributed by atoms with Crippen LogP contribution in [0.25, 0.3) is 56.1 Å². The molecule has 2 spiro atoms. The monoisotopic (exact) mass is 793 g/mol. The third-order valence-corrected chi connectivity index (χ3v) is 14.4. The number of benzene rings is 9. The van der Waals surface area contributed by atoms with Crippen molar-refractivity contribution in [3.63, 3.8) is 0 Å². The highest BCUT2D eigenvalue weighted by molar-refractivity contribution is 7.99. The molecule has 0 saturated carbocycles. The lowest BCUT2D eigenvalue weighted by Crippen LogP contribution is -2.45. The van der Waals surface area contributed by atoms with Gasteiger partial charge in [0.25, 0.3) is 0 Å². The van der Waals surface area contributed by atoms with E-state index in [-0.39, 0.29) is 0 Å². The lowest BCUT2D eigenvalue weighted by molar-refractivity contribution is 0.605. The van der Waals surface area contributed by atoms with Gasteiger partial charge in [-0.25, -0.2) is 15.0 Å². The highest BCUT2D eigenvalue weighted by Crippen LogP contribution is 2.67.